The van der Waals surface area contributed by atoms with E-state index in [9.17, 15) is 9.18 Å². The number of carbonyl (C=O) groups is 1. The number of anilines is 1. The molecule has 0 bridgehead atoms. The number of carbonyl (C=O) groups excluding carboxylic acids is 1. The van der Waals surface area contributed by atoms with Gasteiger partial charge in [-0.1, -0.05) is 0 Å². The van der Waals surface area contributed by atoms with E-state index in [-0.39, 0.29) is 17.5 Å². The molecule has 1 N–H and O–H groups in total. The van der Waals surface area contributed by atoms with Crippen LogP contribution in [0.4, 0.5) is 10.1 Å². The number of nitrogens with zero attached hydrogens (tertiary/aromatic N) is 3. The van der Waals surface area contributed by atoms with E-state index in [1.807, 2.05) is 26.0 Å². The lowest BCUT2D eigenvalue weighted by atomic mass is 10.3. The molecule has 0 spiro atoms. The van der Waals surface area contributed by atoms with Crippen molar-refractivity contribution >= 4 is 23.4 Å². The molecular weight excluding hydrogens is 339 g/mol. The van der Waals surface area contributed by atoms with Gasteiger partial charge in [0.1, 0.15) is 5.82 Å². The van der Waals surface area contributed by atoms with Gasteiger partial charge in [0.25, 0.3) is 0 Å². The second kappa shape index (κ2) is 7.48. The summed E-state index contributed by atoms with van der Waals surface area (Å²) in [4.78, 5) is 17.2. The third-order valence-electron chi connectivity index (χ3n) is 3.44. The number of benzene rings is 1. The van der Waals surface area contributed by atoms with Gasteiger partial charge in [0, 0.05) is 10.6 Å². The molecule has 0 fully saturated rings. The Kier molecular flexibility index (Phi) is 5.14. The summed E-state index contributed by atoms with van der Waals surface area (Å²) in [5.41, 5.74) is 2.54. The van der Waals surface area contributed by atoms with Crippen molar-refractivity contribution in [3.8, 4) is 5.82 Å². The summed E-state index contributed by atoms with van der Waals surface area (Å²) < 4.78 is 14.6. The van der Waals surface area contributed by atoms with Gasteiger partial charge in [0.15, 0.2) is 5.82 Å². The Labute approximate surface area is 149 Å². The number of aromatic nitrogens is 3. The van der Waals surface area contributed by atoms with Crippen LogP contribution in [-0.2, 0) is 4.79 Å². The highest BCUT2D eigenvalue weighted by Crippen LogP contribution is 2.19. The zero-order valence-corrected chi connectivity index (χ0v) is 14.7. The zero-order chi connectivity index (χ0) is 17.8. The fourth-order valence-electron chi connectivity index (χ4n) is 2.32. The molecule has 0 radical (unpaired) electrons. The first-order valence-corrected chi connectivity index (χ1v) is 8.68. The molecule has 3 rings (SSSR count). The minimum atomic E-state index is -0.289. The molecule has 7 heteroatoms. The third-order valence-corrected chi connectivity index (χ3v) is 4.45. The highest BCUT2D eigenvalue weighted by Gasteiger charge is 2.07. The summed E-state index contributed by atoms with van der Waals surface area (Å²) in [6.07, 6.45) is 1.60. The lowest BCUT2D eigenvalue weighted by Gasteiger charge is -2.07. The van der Waals surface area contributed by atoms with E-state index in [2.05, 4.69) is 15.4 Å². The summed E-state index contributed by atoms with van der Waals surface area (Å²) in [5.74, 6) is 0.507. The minimum absolute atomic E-state index is 0.144. The number of halogens is 1. The van der Waals surface area contributed by atoms with Crippen LogP contribution in [-0.4, -0.2) is 26.4 Å². The van der Waals surface area contributed by atoms with Crippen molar-refractivity contribution in [2.75, 3.05) is 11.1 Å². The van der Waals surface area contributed by atoms with Crippen molar-refractivity contribution in [2.24, 2.45) is 0 Å². The van der Waals surface area contributed by atoms with Crippen LogP contribution in [0.5, 0.6) is 0 Å². The number of hydrogen-bond acceptors (Lipinski definition) is 4. The predicted octanol–water partition coefficient (Wildman–Crippen LogP) is 3.75. The highest BCUT2D eigenvalue weighted by atomic mass is 32.2. The Balaban J connectivity index is 1.58. The van der Waals surface area contributed by atoms with Gasteiger partial charge in [-0.15, -0.1) is 11.8 Å². The first kappa shape index (κ1) is 17.2. The third kappa shape index (κ3) is 4.45. The van der Waals surface area contributed by atoms with E-state index in [0.29, 0.717) is 11.5 Å². The summed E-state index contributed by atoms with van der Waals surface area (Å²) in [5, 5.41) is 7.17. The molecule has 25 heavy (non-hydrogen) atoms. The smallest absolute Gasteiger partial charge is 0.234 e. The van der Waals surface area contributed by atoms with Crippen molar-refractivity contribution in [3.63, 3.8) is 0 Å². The summed E-state index contributed by atoms with van der Waals surface area (Å²) in [7, 11) is 0. The van der Waals surface area contributed by atoms with Crippen LogP contribution in [0.25, 0.3) is 5.82 Å². The average molecular weight is 356 g/mol. The lowest BCUT2D eigenvalue weighted by Crippen LogP contribution is -2.14. The van der Waals surface area contributed by atoms with E-state index in [0.717, 1.165) is 16.3 Å². The number of aryl methyl sites for hydroxylation is 2. The molecule has 1 amide bonds. The van der Waals surface area contributed by atoms with Crippen molar-refractivity contribution in [2.45, 2.75) is 18.7 Å². The van der Waals surface area contributed by atoms with Crippen LogP contribution < -0.4 is 5.32 Å². The Morgan fingerprint density at radius 3 is 2.56 bits per heavy atom. The molecule has 0 saturated carbocycles. The van der Waals surface area contributed by atoms with Gasteiger partial charge in [0.2, 0.25) is 5.91 Å². The SMILES string of the molecule is Cc1cc(C)n(-c2ccc(NC(=O)CSc3ccc(F)cc3)cn2)n1. The first-order valence-electron chi connectivity index (χ1n) is 7.69. The predicted molar refractivity (Wildman–Crippen MR) is 96.6 cm³/mol. The fraction of sp³-hybridized carbons (Fsp3) is 0.167. The van der Waals surface area contributed by atoms with Crippen LogP contribution in [0.2, 0.25) is 0 Å². The van der Waals surface area contributed by atoms with Gasteiger partial charge in [-0.2, -0.15) is 5.10 Å². The molecule has 0 unspecified atom stereocenters. The van der Waals surface area contributed by atoms with Gasteiger partial charge in [0.05, 0.1) is 23.3 Å². The molecule has 128 valence electrons. The van der Waals surface area contributed by atoms with E-state index < -0.39 is 0 Å². The number of hydrogen-bond donors (Lipinski definition) is 1. The topological polar surface area (TPSA) is 59.8 Å². The maximum absolute atomic E-state index is 12.9. The van der Waals surface area contributed by atoms with E-state index in [4.69, 9.17) is 0 Å². The lowest BCUT2D eigenvalue weighted by molar-refractivity contribution is -0.113. The van der Waals surface area contributed by atoms with Crippen molar-refractivity contribution in [3.05, 3.63) is 65.9 Å². The number of pyridine rings is 1. The number of nitrogens with one attached hydrogen (secondary N) is 1. The fourth-order valence-corrected chi connectivity index (χ4v) is 3.02. The van der Waals surface area contributed by atoms with Gasteiger partial charge in [-0.05, 0) is 56.3 Å². The Bertz CT molecular complexity index is 875. The maximum Gasteiger partial charge on any atom is 0.234 e. The molecule has 0 atom stereocenters. The van der Waals surface area contributed by atoms with Gasteiger partial charge in [-0.25, -0.2) is 14.1 Å². The van der Waals surface area contributed by atoms with Gasteiger partial charge < -0.3 is 5.32 Å². The van der Waals surface area contributed by atoms with E-state index >= 15 is 0 Å². The largest absolute Gasteiger partial charge is 0.324 e. The molecule has 0 aliphatic carbocycles. The highest BCUT2D eigenvalue weighted by molar-refractivity contribution is 8.00. The summed E-state index contributed by atoms with van der Waals surface area (Å²) >= 11 is 1.35. The molecule has 2 aromatic heterocycles. The van der Waals surface area contributed by atoms with Crippen LogP contribution in [0.1, 0.15) is 11.4 Å². The monoisotopic (exact) mass is 356 g/mol. The maximum atomic E-state index is 12.9. The average Bonchev–Trinajstić information content (AvgIpc) is 2.93. The van der Waals surface area contributed by atoms with E-state index in [1.165, 1.54) is 23.9 Å². The van der Waals surface area contributed by atoms with Crippen LogP contribution in [0, 0.1) is 19.7 Å². The second-order valence-corrected chi connectivity index (χ2v) is 6.58. The molecule has 2 heterocycles. The first-order chi connectivity index (χ1) is 12.0. The number of thioether (sulfide) groups is 1. The standard InChI is InChI=1S/C18H17FN4OS/c1-12-9-13(2)23(22-12)17-8-5-15(10-20-17)21-18(24)11-25-16-6-3-14(19)4-7-16/h3-10H,11H2,1-2H3,(H,21,24). The van der Waals surface area contributed by atoms with Gasteiger partial charge >= 0.3 is 0 Å². The van der Waals surface area contributed by atoms with Crippen LogP contribution >= 0.6 is 11.8 Å². The molecule has 5 nitrogen and oxygen atoms in total. The van der Waals surface area contributed by atoms with Crippen molar-refractivity contribution < 1.29 is 9.18 Å². The Hall–Kier alpha value is -2.67. The minimum Gasteiger partial charge on any atom is -0.324 e. The molecule has 0 aliphatic rings. The number of amides is 1. The molecule has 0 aliphatic heterocycles. The second-order valence-electron chi connectivity index (χ2n) is 5.53. The van der Waals surface area contributed by atoms with E-state index in [1.54, 1.807) is 29.1 Å². The molecular formula is C18H17FN4OS. The van der Waals surface area contributed by atoms with Crippen molar-refractivity contribution in [1.29, 1.82) is 0 Å². The molecule has 3 aromatic rings. The molecule has 0 saturated heterocycles. The van der Waals surface area contributed by atoms with Crippen LogP contribution in [0.15, 0.2) is 53.6 Å². The van der Waals surface area contributed by atoms with Gasteiger partial charge in [-0.3, -0.25) is 4.79 Å². The Morgan fingerprint density at radius 1 is 1.20 bits per heavy atom. The summed E-state index contributed by atoms with van der Waals surface area (Å²) in [6.45, 7) is 3.89. The normalized spacial score (nSPS) is 10.7. The Morgan fingerprint density at radius 2 is 1.96 bits per heavy atom. The zero-order valence-electron chi connectivity index (χ0n) is 13.9. The van der Waals surface area contributed by atoms with Crippen LogP contribution in [0.3, 0.4) is 0 Å². The summed E-state index contributed by atoms with van der Waals surface area (Å²) in [6, 6.07) is 11.6. The number of rotatable bonds is 5. The van der Waals surface area contributed by atoms with Crippen molar-refractivity contribution in [1.82, 2.24) is 14.8 Å². The molecule has 1 aromatic carbocycles. The quantitative estimate of drug-likeness (QED) is 0.707.